The monoisotopic (exact) mass is 370 g/mol. The summed E-state index contributed by atoms with van der Waals surface area (Å²) in [6.45, 7) is 0.501. The van der Waals surface area contributed by atoms with Crippen molar-refractivity contribution < 1.29 is 18.7 Å². The zero-order chi connectivity index (χ0) is 19.0. The predicted molar refractivity (Wildman–Crippen MR) is 94.9 cm³/mol. The summed E-state index contributed by atoms with van der Waals surface area (Å²) in [7, 11) is 1.54. The van der Waals surface area contributed by atoms with Gasteiger partial charge in [0.25, 0.3) is 0 Å². The van der Waals surface area contributed by atoms with Crippen molar-refractivity contribution in [2.24, 2.45) is 5.92 Å². The number of amides is 1. The standard InChI is InChI=1S/C19H19FN4O3/c1-24-17(25)14-6-8-26-11-19(14,23-18(24)21)15-9-12(4-5-16(15)20)27-13-3-2-7-22-10-13/h2-5,7,9-10,14H,6,8,11H2,1H3,(H2,21,23)/t14-,19-/m0/s1. The van der Waals surface area contributed by atoms with Gasteiger partial charge in [0.15, 0.2) is 5.96 Å². The van der Waals surface area contributed by atoms with Gasteiger partial charge in [0.05, 0.1) is 18.7 Å². The maximum absolute atomic E-state index is 14.9. The van der Waals surface area contributed by atoms with Crippen LogP contribution in [-0.4, -0.2) is 42.0 Å². The zero-order valence-corrected chi connectivity index (χ0v) is 14.7. The molecule has 3 heterocycles. The van der Waals surface area contributed by atoms with Gasteiger partial charge in [-0.15, -0.1) is 0 Å². The van der Waals surface area contributed by atoms with Crippen molar-refractivity contribution in [2.45, 2.75) is 12.0 Å². The minimum Gasteiger partial charge on any atom is -0.456 e. The van der Waals surface area contributed by atoms with Crippen LogP contribution < -0.4 is 10.1 Å². The van der Waals surface area contributed by atoms with Crippen molar-refractivity contribution in [2.75, 3.05) is 20.3 Å². The summed E-state index contributed by atoms with van der Waals surface area (Å²) in [4.78, 5) is 18.0. The average Bonchev–Trinajstić information content (AvgIpc) is 2.68. The molecule has 1 aromatic carbocycles. The first-order chi connectivity index (χ1) is 13.0. The van der Waals surface area contributed by atoms with E-state index in [4.69, 9.17) is 14.9 Å². The molecule has 7 nitrogen and oxygen atoms in total. The highest BCUT2D eigenvalue weighted by Gasteiger charge is 2.53. The fourth-order valence-electron chi connectivity index (χ4n) is 3.66. The van der Waals surface area contributed by atoms with E-state index in [2.05, 4.69) is 10.3 Å². The molecule has 2 aliphatic heterocycles. The summed E-state index contributed by atoms with van der Waals surface area (Å²) < 4.78 is 26.2. The van der Waals surface area contributed by atoms with E-state index < -0.39 is 17.3 Å². The highest BCUT2D eigenvalue weighted by Crippen LogP contribution is 2.41. The van der Waals surface area contributed by atoms with E-state index >= 15 is 0 Å². The van der Waals surface area contributed by atoms with E-state index in [-0.39, 0.29) is 24.0 Å². The van der Waals surface area contributed by atoms with Gasteiger partial charge in [-0.1, -0.05) is 0 Å². The van der Waals surface area contributed by atoms with E-state index in [1.54, 1.807) is 30.6 Å². The number of rotatable bonds is 3. The maximum atomic E-state index is 14.9. The van der Waals surface area contributed by atoms with Crippen LogP contribution in [-0.2, 0) is 15.1 Å². The van der Waals surface area contributed by atoms with Crippen LogP contribution in [0.1, 0.15) is 12.0 Å². The topological polar surface area (TPSA) is 87.5 Å². The first-order valence-corrected chi connectivity index (χ1v) is 8.61. The molecule has 0 aliphatic carbocycles. The Bertz CT molecular complexity index is 892. The molecule has 2 atom stereocenters. The lowest BCUT2D eigenvalue weighted by Gasteiger charge is -2.49. The van der Waals surface area contributed by atoms with Gasteiger partial charge in [0.2, 0.25) is 5.91 Å². The second kappa shape index (κ2) is 6.62. The van der Waals surface area contributed by atoms with E-state index in [1.165, 1.54) is 24.1 Å². The van der Waals surface area contributed by atoms with Crippen LogP contribution in [0.2, 0.25) is 0 Å². The number of fused-ring (bicyclic) bond motifs is 1. The van der Waals surface area contributed by atoms with E-state index in [0.717, 1.165) is 0 Å². The Morgan fingerprint density at radius 1 is 1.41 bits per heavy atom. The molecule has 140 valence electrons. The van der Waals surface area contributed by atoms with Crippen LogP contribution in [0.4, 0.5) is 4.39 Å². The molecule has 0 spiro atoms. The van der Waals surface area contributed by atoms with Gasteiger partial charge in [-0.25, -0.2) is 4.39 Å². The number of halogens is 1. The zero-order valence-electron chi connectivity index (χ0n) is 14.7. The fourth-order valence-corrected chi connectivity index (χ4v) is 3.66. The summed E-state index contributed by atoms with van der Waals surface area (Å²) in [6.07, 6.45) is 3.63. The fraction of sp³-hybridized carbons (Fsp3) is 0.316. The second-order valence-corrected chi connectivity index (χ2v) is 6.67. The maximum Gasteiger partial charge on any atom is 0.235 e. The van der Waals surface area contributed by atoms with Crippen LogP contribution in [0.15, 0.2) is 42.7 Å². The van der Waals surface area contributed by atoms with Gasteiger partial charge in [0.1, 0.15) is 22.9 Å². The molecular weight excluding hydrogens is 351 g/mol. The molecule has 2 aliphatic rings. The summed E-state index contributed by atoms with van der Waals surface area (Å²) >= 11 is 0. The van der Waals surface area contributed by atoms with Gasteiger partial charge >= 0.3 is 0 Å². The number of carbonyl (C=O) groups is 1. The van der Waals surface area contributed by atoms with Gasteiger partial charge < -0.3 is 14.8 Å². The highest BCUT2D eigenvalue weighted by atomic mass is 19.1. The summed E-state index contributed by atoms with van der Waals surface area (Å²) in [5.41, 5.74) is -0.892. The molecule has 27 heavy (non-hydrogen) atoms. The minimum atomic E-state index is -1.14. The molecule has 2 aromatic rings. The van der Waals surface area contributed by atoms with Crippen LogP contribution >= 0.6 is 0 Å². The smallest absolute Gasteiger partial charge is 0.235 e. The summed E-state index contributed by atoms with van der Waals surface area (Å²) in [5.74, 6) is -0.392. The van der Waals surface area contributed by atoms with Crippen molar-refractivity contribution in [3.63, 3.8) is 0 Å². The van der Waals surface area contributed by atoms with Crippen LogP contribution in [0.3, 0.4) is 0 Å². The number of hydrogen-bond acceptors (Lipinski definition) is 5. The lowest BCUT2D eigenvalue weighted by Crippen LogP contribution is -2.68. The van der Waals surface area contributed by atoms with Crippen molar-refractivity contribution in [1.29, 1.82) is 5.41 Å². The molecule has 0 saturated carbocycles. The highest BCUT2D eigenvalue weighted by molar-refractivity contribution is 6.00. The van der Waals surface area contributed by atoms with Crippen molar-refractivity contribution in [3.05, 3.63) is 54.1 Å². The van der Waals surface area contributed by atoms with Crippen LogP contribution in [0.25, 0.3) is 0 Å². The lowest BCUT2D eigenvalue weighted by atomic mass is 9.73. The van der Waals surface area contributed by atoms with Crippen molar-refractivity contribution in [1.82, 2.24) is 15.2 Å². The quantitative estimate of drug-likeness (QED) is 0.865. The normalized spacial score (nSPS) is 25.0. The third kappa shape index (κ3) is 2.91. The number of carbonyl (C=O) groups excluding carboxylic acids is 1. The number of aromatic nitrogens is 1. The molecule has 0 unspecified atom stereocenters. The van der Waals surface area contributed by atoms with E-state index in [0.29, 0.717) is 24.5 Å². The SMILES string of the molecule is CN1C(=N)N[C@@]2(c3cc(Oc4cccnc4)ccc3F)COCC[C@H]2C1=O. The van der Waals surface area contributed by atoms with E-state index in [1.807, 2.05) is 0 Å². The molecular formula is C19H19FN4O3. The van der Waals surface area contributed by atoms with Crippen molar-refractivity contribution in [3.8, 4) is 11.5 Å². The molecule has 1 aromatic heterocycles. The second-order valence-electron chi connectivity index (χ2n) is 6.67. The van der Waals surface area contributed by atoms with Gasteiger partial charge in [-0.2, -0.15) is 0 Å². The lowest BCUT2D eigenvalue weighted by molar-refractivity contribution is -0.143. The predicted octanol–water partition coefficient (Wildman–Crippen LogP) is 2.24. The number of hydrogen-bond donors (Lipinski definition) is 2. The first-order valence-electron chi connectivity index (χ1n) is 8.61. The van der Waals surface area contributed by atoms with Crippen LogP contribution in [0, 0.1) is 17.1 Å². The minimum absolute atomic E-state index is 0.0836. The molecule has 0 bridgehead atoms. The Labute approximate surface area is 155 Å². The number of ether oxygens (including phenoxy) is 2. The number of benzene rings is 1. The molecule has 8 heteroatoms. The molecule has 4 rings (SSSR count). The third-order valence-corrected chi connectivity index (χ3v) is 5.07. The average molecular weight is 370 g/mol. The number of guanidine groups is 1. The Morgan fingerprint density at radius 3 is 3.04 bits per heavy atom. The van der Waals surface area contributed by atoms with Crippen LogP contribution in [0.5, 0.6) is 11.5 Å². The Kier molecular flexibility index (Phi) is 4.27. The number of pyridine rings is 1. The van der Waals surface area contributed by atoms with Crippen molar-refractivity contribution >= 4 is 11.9 Å². The van der Waals surface area contributed by atoms with Gasteiger partial charge in [-0.3, -0.25) is 20.1 Å². The summed E-state index contributed by atoms with van der Waals surface area (Å²) in [5, 5.41) is 11.1. The Hall–Kier alpha value is -3.00. The molecule has 2 fully saturated rings. The first kappa shape index (κ1) is 17.4. The number of nitrogens with zero attached hydrogens (tertiary/aromatic N) is 2. The molecule has 2 N–H and O–H groups in total. The number of nitrogens with one attached hydrogen (secondary N) is 2. The van der Waals surface area contributed by atoms with Gasteiger partial charge in [0, 0.05) is 25.4 Å². The summed E-state index contributed by atoms with van der Waals surface area (Å²) in [6, 6.07) is 7.86. The Morgan fingerprint density at radius 2 is 2.26 bits per heavy atom. The van der Waals surface area contributed by atoms with Gasteiger partial charge in [-0.05, 0) is 36.8 Å². The van der Waals surface area contributed by atoms with E-state index in [9.17, 15) is 9.18 Å². The molecule has 2 saturated heterocycles. The molecule has 1 amide bonds. The largest absolute Gasteiger partial charge is 0.456 e. The molecule has 0 radical (unpaired) electrons. The third-order valence-electron chi connectivity index (χ3n) is 5.07. The Balaban J connectivity index is 1.77.